The first-order valence-corrected chi connectivity index (χ1v) is 7.82. The van der Waals surface area contributed by atoms with Gasteiger partial charge in [-0.05, 0) is 18.6 Å². The van der Waals surface area contributed by atoms with E-state index in [1.807, 2.05) is 12.1 Å². The normalized spacial score (nSPS) is 19.7. The van der Waals surface area contributed by atoms with Gasteiger partial charge in [0.1, 0.15) is 0 Å². The predicted molar refractivity (Wildman–Crippen MR) is 72.3 cm³/mol. The molecule has 2 N–H and O–H groups in total. The number of hydrogen-bond acceptors (Lipinski definition) is 4. The SMILES string of the molecule is CS(=O)(=O)Nc1ccccc1NCC1CCOC1. The van der Waals surface area contributed by atoms with E-state index in [0.29, 0.717) is 11.6 Å². The Morgan fingerprint density at radius 3 is 2.67 bits per heavy atom. The highest BCUT2D eigenvalue weighted by Crippen LogP contribution is 2.23. The fourth-order valence-electron chi connectivity index (χ4n) is 1.92. The number of hydrogen-bond donors (Lipinski definition) is 2. The van der Waals surface area contributed by atoms with Gasteiger partial charge in [0.2, 0.25) is 10.0 Å². The van der Waals surface area contributed by atoms with Crippen molar-refractivity contribution in [2.45, 2.75) is 6.42 Å². The van der Waals surface area contributed by atoms with Crippen LogP contribution in [-0.4, -0.2) is 34.4 Å². The van der Waals surface area contributed by atoms with Crippen molar-refractivity contribution < 1.29 is 13.2 Å². The molecule has 0 aromatic heterocycles. The van der Waals surface area contributed by atoms with Crippen LogP contribution in [0.5, 0.6) is 0 Å². The third kappa shape index (κ3) is 3.89. The standard InChI is InChI=1S/C12H18N2O3S/c1-18(15,16)14-12-5-3-2-4-11(12)13-8-10-6-7-17-9-10/h2-5,10,13-14H,6-9H2,1H3. The third-order valence-corrected chi connectivity index (χ3v) is 3.42. The van der Waals surface area contributed by atoms with Crippen LogP contribution in [0, 0.1) is 5.92 Å². The average molecular weight is 270 g/mol. The van der Waals surface area contributed by atoms with Crippen molar-refractivity contribution in [3.8, 4) is 0 Å². The van der Waals surface area contributed by atoms with E-state index in [0.717, 1.165) is 38.1 Å². The fourth-order valence-corrected chi connectivity index (χ4v) is 2.50. The van der Waals surface area contributed by atoms with E-state index in [4.69, 9.17) is 4.74 Å². The number of sulfonamides is 1. The molecule has 2 rings (SSSR count). The molecule has 0 bridgehead atoms. The van der Waals surface area contributed by atoms with Gasteiger partial charge >= 0.3 is 0 Å². The lowest BCUT2D eigenvalue weighted by atomic mass is 10.1. The second kappa shape index (κ2) is 5.58. The molecule has 1 saturated heterocycles. The van der Waals surface area contributed by atoms with E-state index < -0.39 is 10.0 Å². The minimum Gasteiger partial charge on any atom is -0.383 e. The van der Waals surface area contributed by atoms with Crippen molar-refractivity contribution in [1.29, 1.82) is 0 Å². The highest BCUT2D eigenvalue weighted by Gasteiger charge is 2.15. The lowest BCUT2D eigenvalue weighted by Crippen LogP contribution is -2.16. The van der Waals surface area contributed by atoms with Gasteiger partial charge in [0.25, 0.3) is 0 Å². The zero-order valence-electron chi connectivity index (χ0n) is 10.3. The summed E-state index contributed by atoms with van der Waals surface area (Å²) in [6, 6.07) is 7.29. The van der Waals surface area contributed by atoms with Crippen molar-refractivity contribution in [3.05, 3.63) is 24.3 Å². The van der Waals surface area contributed by atoms with E-state index in [1.165, 1.54) is 0 Å². The first-order chi connectivity index (χ1) is 8.54. The summed E-state index contributed by atoms with van der Waals surface area (Å²) >= 11 is 0. The molecule has 0 radical (unpaired) electrons. The van der Waals surface area contributed by atoms with E-state index in [-0.39, 0.29) is 0 Å². The molecular weight excluding hydrogens is 252 g/mol. The Hall–Kier alpha value is -1.27. The minimum absolute atomic E-state index is 0.497. The molecule has 100 valence electrons. The summed E-state index contributed by atoms with van der Waals surface area (Å²) in [4.78, 5) is 0. The van der Waals surface area contributed by atoms with Crippen LogP contribution in [0.15, 0.2) is 24.3 Å². The summed E-state index contributed by atoms with van der Waals surface area (Å²) in [6.45, 7) is 2.38. The molecule has 1 aliphatic heterocycles. The maximum atomic E-state index is 11.3. The summed E-state index contributed by atoms with van der Waals surface area (Å²) in [5, 5.41) is 3.27. The zero-order valence-corrected chi connectivity index (χ0v) is 11.2. The van der Waals surface area contributed by atoms with Crippen LogP contribution in [0.4, 0.5) is 11.4 Å². The third-order valence-electron chi connectivity index (χ3n) is 2.83. The van der Waals surface area contributed by atoms with E-state index in [2.05, 4.69) is 10.0 Å². The molecule has 1 unspecified atom stereocenters. The molecule has 18 heavy (non-hydrogen) atoms. The number of para-hydroxylation sites is 2. The summed E-state index contributed by atoms with van der Waals surface area (Å²) in [5.41, 5.74) is 1.38. The quantitative estimate of drug-likeness (QED) is 0.851. The van der Waals surface area contributed by atoms with Crippen LogP contribution in [-0.2, 0) is 14.8 Å². The number of ether oxygens (including phenoxy) is 1. The summed E-state index contributed by atoms with van der Waals surface area (Å²) in [6.07, 6.45) is 2.20. The topological polar surface area (TPSA) is 67.4 Å². The summed E-state index contributed by atoms with van der Waals surface area (Å²) in [7, 11) is -3.25. The molecule has 1 heterocycles. The van der Waals surface area contributed by atoms with E-state index in [1.54, 1.807) is 12.1 Å². The molecule has 1 fully saturated rings. The Labute approximate surface area is 108 Å². The van der Waals surface area contributed by atoms with Crippen molar-refractivity contribution in [2.75, 3.05) is 36.1 Å². The van der Waals surface area contributed by atoms with Gasteiger partial charge < -0.3 is 10.1 Å². The van der Waals surface area contributed by atoms with Crippen molar-refractivity contribution in [3.63, 3.8) is 0 Å². The van der Waals surface area contributed by atoms with Crippen molar-refractivity contribution in [2.24, 2.45) is 5.92 Å². The van der Waals surface area contributed by atoms with Gasteiger partial charge in [-0.25, -0.2) is 8.42 Å². The second-order valence-corrected chi connectivity index (χ2v) is 6.28. The maximum absolute atomic E-state index is 11.3. The minimum atomic E-state index is -3.25. The highest BCUT2D eigenvalue weighted by molar-refractivity contribution is 7.92. The molecule has 1 aromatic carbocycles. The number of rotatable bonds is 5. The van der Waals surface area contributed by atoms with Crippen LogP contribution in [0.3, 0.4) is 0 Å². The van der Waals surface area contributed by atoms with E-state index in [9.17, 15) is 8.42 Å². The van der Waals surface area contributed by atoms with Crippen LogP contribution < -0.4 is 10.0 Å². The number of benzene rings is 1. The molecule has 0 saturated carbocycles. The monoisotopic (exact) mass is 270 g/mol. The Kier molecular flexibility index (Phi) is 4.08. The van der Waals surface area contributed by atoms with Gasteiger partial charge in [-0.3, -0.25) is 4.72 Å². The van der Waals surface area contributed by atoms with Crippen LogP contribution in [0.1, 0.15) is 6.42 Å². The van der Waals surface area contributed by atoms with Gasteiger partial charge in [0.15, 0.2) is 0 Å². The van der Waals surface area contributed by atoms with Gasteiger partial charge in [0, 0.05) is 19.1 Å². The smallest absolute Gasteiger partial charge is 0.229 e. The lowest BCUT2D eigenvalue weighted by molar-refractivity contribution is 0.187. The molecule has 5 nitrogen and oxygen atoms in total. The highest BCUT2D eigenvalue weighted by atomic mass is 32.2. The van der Waals surface area contributed by atoms with Gasteiger partial charge in [-0.2, -0.15) is 0 Å². The largest absolute Gasteiger partial charge is 0.383 e. The van der Waals surface area contributed by atoms with Crippen LogP contribution in [0.25, 0.3) is 0 Å². The van der Waals surface area contributed by atoms with Gasteiger partial charge in [-0.1, -0.05) is 12.1 Å². The Bertz CT molecular complexity index is 496. The zero-order chi connectivity index (χ0) is 13.0. The molecule has 0 aliphatic carbocycles. The molecule has 0 amide bonds. The first kappa shape index (κ1) is 13.2. The number of nitrogens with one attached hydrogen (secondary N) is 2. The van der Waals surface area contributed by atoms with Gasteiger partial charge in [0.05, 0.1) is 24.2 Å². The second-order valence-electron chi connectivity index (χ2n) is 4.53. The van der Waals surface area contributed by atoms with Crippen molar-refractivity contribution in [1.82, 2.24) is 0 Å². The molecule has 1 aromatic rings. The molecular formula is C12H18N2O3S. The van der Waals surface area contributed by atoms with Crippen LogP contribution >= 0.6 is 0 Å². The fraction of sp³-hybridized carbons (Fsp3) is 0.500. The molecule has 1 aliphatic rings. The summed E-state index contributed by atoms with van der Waals surface area (Å²) < 4.78 is 30.3. The first-order valence-electron chi connectivity index (χ1n) is 5.93. The molecule has 1 atom stereocenters. The Morgan fingerprint density at radius 2 is 2.06 bits per heavy atom. The molecule has 6 heteroatoms. The van der Waals surface area contributed by atoms with Crippen LogP contribution in [0.2, 0.25) is 0 Å². The predicted octanol–water partition coefficient (Wildman–Crippen LogP) is 1.51. The average Bonchev–Trinajstić information content (AvgIpc) is 2.79. The maximum Gasteiger partial charge on any atom is 0.229 e. The lowest BCUT2D eigenvalue weighted by Gasteiger charge is -2.14. The Balaban J connectivity index is 2.02. The van der Waals surface area contributed by atoms with Gasteiger partial charge in [-0.15, -0.1) is 0 Å². The van der Waals surface area contributed by atoms with Crippen molar-refractivity contribution >= 4 is 21.4 Å². The van der Waals surface area contributed by atoms with E-state index >= 15 is 0 Å². The summed E-state index contributed by atoms with van der Waals surface area (Å²) in [5.74, 6) is 0.497. The molecule has 0 spiro atoms. The Morgan fingerprint density at radius 1 is 1.33 bits per heavy atom. The number of anilines is 2.